The molecule has 0 aliphatic carbocycles. The summed E-state index contributed by atoms with van der Waals surface area (Å²) in [7, 11) is 1.52. The highest BCUT2D eigenvalue weighted by Crippen LogP contribution is 2.37. The van der Waals surface area contributed by atoms with E-state index in [4.69, 9.17) is 10.7 Å². The molecule has 4 nitrogen and oxygen atoms in total. The summed E-state index contributed by atoms with van der Waals surface area (Å²) >= 11 is 1.32. The van der Waals surface area contributed by atoms with Gasteiger partial charge in [-0.25, -0.2) is 8.42 Å². The Morgan fingerprint density at radius 3 is 2.75 bits per heavy atom. The first-order chi connectivity index (χ1) is 7.38. The zero-order valence-electron chi connectivity index (χ0n) is 8.23. The Labute approximate surface area is 102 Å². The lowest BCUT2D eigenvalue weighted by molar-refractivity contribution is -0.115. The van der Waals surface area contributed by atoms with E-state index in [1.165, 1.54) is 23.9 Å². The van der Waals surface area contributed by atoms with E-state index in [1.807, 2.05) is 0 Å². The predicted molar refractivity (Wildman–Crippen MR) is 63.4 cm³/mol. The number of fused-ring (bicyclic) bond motifs is 1. The van der Waals surface area contributed by atoms with Crippen molar-refractivity contribution in [3.63, 3.8) is 0 Å². The Morgan fingerprint density at radius 2 is 2.12 bits per heavy atom. The molecule has 1 atom stereocenters. The van der Waals surface area contributed by atoms with Gasteiger partial charge < -0.3 is 5.32 Å². The second kappa shape index (κ2) is 3.94. The number of carbonyl (C=O) groups is 1. The van der Waals surface area contributed by atoms with Crippen molar-refractivity contribution in [3.8, 4) is 0 Å². The average molecular weight is 278 g/mol. The molecule has 1 aromatic carbocycles. The zero-order chi connectivity index (χ0) is 11.9. The molecule has 1 N–H and O–H groups in total. The van der Waals surface area contributed by atoms with E-state index in [0.29, 0.717) is 10.6 Å². The van der Waals surface area contributed by atoms with Gasteiger partial charge in [0.2, 0.25) is 5.91 Å². The van der Waals surface area contributed by atoms with Gasteiger partial charge in [-0.15, -0.1) is 11.8 Å². The number of benzene rings is 1. The van der Waals surface area contributed by atoms with Gasteiger partial charge >= 0.3 is 0 Å². The lowest BCUT2D eigenvalue weighted by Gasteiger charge is -2.21. The van der Waals surface area contributed by atoms with Crippen LogP contribution in [0.15, 0.2) is 28.0 Å². The molecule has 1 aromatic rings. The van der Waals surface area contributed by atoms with Crippen molar-refractivity contribution >= 4 is 43.1 Å². The van der Waals surface area contributed by atoms with Crippen molar-refractivity contribution in [2.75, 3.05) is 5.32 Å². The van der Waals surface area contributed by atoms with Crippen LogP contribution in [0.2, 0.25) is 0 Å². The fraction of sp³-hybridized carbons (Fsp3) is 0.222. The van der Waals surface area contributed by atoms with Gasteiger partial charge in [-0.3, -0.25) is 4.79 Å². The molecule has 0 spiro atoms. The fourth-order valence-electron chi connectivity index (χ4n) is 1.33. The molecule has 0 aromatic heterocycles. The number of halogens is 1. The molecule has 7 heteroatoms. The highest BCUT2D eigenvalue weighted by atomic mass is 35.7. The van der Waals surface area contributed by atoms with Crippen LogP contribution < -0.4 is 5.32 Å². The first kappa shape index (κ1) is 11.8. The quantitative estimate of drug-likeness (QED) is 0.798. The Kier molecular flexibility index (Phi) is 2.90. The molecule has 1 amide bonds. The molecule has 0 radical (unpaired) electrons. The van der Waals surface area contributed by atoms with Gasteiger partial charge in [0.05, 0.1) is 15.8 Å². The number of anilines is 1. The van der Waals surface area contributed by atoms with Crippen LogP contribution in [-0.4, -0.2) is 19.6 Å². The predicted octanol–water partition coefficient (Wildman–Crippen LogP) is 2.05. The number of carbonyl (C=O) groups excluding carboxylic acids is 1. The third-order valence-corrected chi connectivity index (χ3v) is 4.68. The SMILES string of the molecule is CC1Sc2cc(S(=O)(=O)Cl)ccc2NC1=O. The first-order valence-electron chi connectivity index (χ1n) is 4.44. The van der Waals surface area contributed by atoms with E-state index in [0.717, 1.165) is 0 Å². The number of rotatable bonds is 1. The topological polar surface area (TPSA) is 63.2 Å². The monoisotopic (exact) mass is 277 g/mol. The lowest BCUT2D eigenvalue weighted by Crippen LogP contribution is -2.26. The van der Waals surface area contributed by atoms with Crippen LogP contribution in [0.3, 0.4) is 0 Å². The first-order valence-corrected chi connectivity index (χ1v) is 7.63. The molecule has 1 aliphatic heterocycles. The molecule has 0 fully saturated rings. The van der Waals surface area contributed by atoms with E-state index in [9.17, 15) is 13.2 Å². The Bertz CT molecular complexity index is 556. The van der Waals surface area contributed by atoms with E-state index in [1.54, 1.807) is 13.0 Å². The van der Waals surface area contributed by atoms with Crippen LogP contribution >= 0.6 is 22.4 Å². The molecule has 16 heavy (non-hydrogen) atoms. The molecular formula is C9H8ClNO3S2. The minimum absolute atomic E-state index is 0.0452. The van der Waals surface area contributed by atoms with Gasteiger partial charge in [0.1, 0.15) is 0 Å². The van der Waals surface area contributed by atoms with Crippen LogP contribution in [-0.2, 0) is 13.8 Å². The van der Waals surface area contributed by atoms with Crippen molar-refractivity contribution in [2.24, 2.45) is 0 Å². The summed E-state index contributed by atoms with van der Waals surface area (Å²) in [5.41, 5.74) is 0.622. The third kappa shape index (κ3) is 2.18. The molecule has 1 unspecified atom stereocenters. The minimum Gasteiger partial charge on any atom is -0.324 e. The van der Waals surface area contributed by atoms with Crippen molar-refractivity contribution < 1.29 is 13.2 Å². The Balaban J connectivity index is 2.48. The zero-order valence-corrected chi connectivity index (χ0v) is 10.6. The summed E-state index contributed by atoms with van der Waals surface area (Å²) in [6, 6.07) is 4.39. The van der Waals surface area contributed by atoms with Crippen LogP contribution in [0.25, 0.3) is 0 Å². The number of amides is 1. The summed E-state index contributed by atoms with van der Waals surface area (Å²) < 4.78 is 22.3. The molecular weight excluding hydrogens is 270 g/mol. The fourth-order valence-corrected chi connectivity index (χ4v) is 3.17. The van der Waals surface area contributed by atoms with Crippen molar-refractivity contribution in [1.82, 2.24) is 0 Å². The number of nitrogens with one attached hydrogen (secondary N) is 1. The van der Waals surface area contributed by atoms with Gasteiger partial charge in [-0.2, -0.15) is 0 Å². The Morgan fingerprint density at radius 1 is 1.44 bits per heavy atom. The maximum absolute atomic E-state index is 11.4. The summed E-state index contributed by atoms with van der Waals surface area (Å²) in [6.45, 7) is 1.75. The van der Waals surface area contributed by atoms with Crippen molar-refractivity contribution in [3.05, 3.63) is 18.2 Å². The summed E-state index contributed by atoms with van der Waals surface area (Å²) in [6.07, 6.45) is 0. The molecule has 0 saturated heterocycles. The third-order valence-electron chi connectivity index (χ3n) is 2.17. The maximum Gasteiger partial charge on any atom is 0.261 e. The van der Waals surface area contributed by atoms with E-state index in [-0.39, 0.29) is 16.1 Å². The number of thioether (sulfide) groups is 1. The number of hydrogen-bond acceptors (Lipinski definition) is 4. The molecule has 0 bridgehead atoms. The normalized spacial score (nSPS) is 20.1. The highest BCUT2D eigenvalue weighted by molar-refractivity contribution is 8.13. The van der Waals surface area contributed by atoms with Gasteiger partial charge in [0.15, 0.2) is 0 Å². The van der Waals surface area contributed by atoms with Crippen LogP contribution in [0, 0.1) is 0 Å². The molecule has 0 saturated carbocycles. The van der Waals surface area contributed by atoms with Gasteiger partial charge in [0.25, 0.3) is 9.05 Å². The van der Waals surface area contributed by atoms with Crippen molar-refractivity contribution in [1.29, 1.82) is 0 Å². The molecule has 86 valence electrons. The summed E-state index contributed by atoms with van der Waals surface area (Å²) in [5, 5.41) is 2.46. The Hall–Kier alpha value is -0.720. The van der Waals surface area contributed by atoms with Gasteiger partial charge in [-0.05, 0) is 25.1 Å². The smallest absolute Gasteiger partial charge is 0.261 e. The molecule has 2 rings (SSSR count). The van der Waals surface area contributed by atoms with Crippen LogP contribution in [0.1, 0.15) is 6.92 Å². The van der Waals surface area contributed by atoms with Gasteiger partial charge in [0, 0.05) is 15.6 Å². The lowest BCUT2D eigenvalue weighted by atomic mass is 10.3. The maximum atomic E-state index is 11.4. The standard InChI is InChI=1S/C9H8ClNO3S2/c1-5-9(12)11-7-3-2-6(16(10,13)14)4-8(7)15-5/h2-5H,1H3,(H,11,12). The second-order valence-electron chi connectivity index (χ2n) is 3.35. The largest absolute Gasteiger partial charge is 0.324 e. The van der Waals surface area contributed by atoms with Crippen LogP contribution in [0.4, 0.5) is 5.69 Å². The average Bonchev–Trinajstić information content (AvgIpc) is 2.17. The van der Waals surface area contributed by atoms with E-state index >= 15 is 0 Å². The van der Waals surface area contributed by atoms with E-state index in [2.05, 4.69) is 5.32 Å². The molecule has 1 heterocycles. The minimum atomic E-state index is -3.72. The highest BCUT2D eigenvalue weighted by Gasteiger charge is 2.24. The summed E-state index contributed by atoms with van der Waals surface area (Å²) in [4.78, 5) is 12.1. The molecule has 1 aliphatic rings. The number of hydrogen-bond donors (Lipinski definition) is 1. The van der Waals surface area contributed by atoms with Crippen LogP contribution in [0.5, 0.6) is 0 Å². The summed E-state index contributed by atoms with van der Waals surface area (Å²) in [5.74, 6) is -0.0843. The van der Waals surface area contributed by atoms with Crippen molar-refractivity contribution in [2.45, 2.75) is 22.0 Å². The second-order valence-corrected chi connectivity index (χ2v) is 7.29. The van der Waals surface area contributed by atoms with Gasteiger partial charge in [-0.1, -0.05) is 0 Å². The van der Waals surface area contributed by atoms with E-state index < -0.39 is 9.05 Å².